The van der Waals surface area contributed by atoms with Crippen molar-refractivity contribution in [2.45, 2.75) is 13.5 Å². The van der Waals surface area contributed by atoms with Crippen molar-refractivity contribution in [1.29, 1.82) is 0 Å². The number of hydrogen-bond acceptors (Lipinski definition) is 6. The van der Waals surface area contributed by atoms with Gasteiger partial charge in [-0.1, -0.05) is 29.8 Å². The number of nitrogens with one attached hydrogen (secondary N) is 1. The van der Waals surface area contributed by atoms with E-state index >= 15 is 0 Å². The lowest BCUT2D eigenvalue weighted by Gasteiger charge is -2.19. The van der Waals surface area contributed by atoms with Gasteiger partial charge >= 0.3 is 0 Å². The van der Waals surface area contributed by atoms with E-state index in [4.69, 9.17) is 16.7 Å². The molecule has 6 nitrogen and oxygen atoms in total. The van der Waals surface area contributed by atoms with Crippen LogP contribution in [0, 0.1) is 6.92 Å². The monoisotopic (exact) mass is 355 g/mol. The molecule has 0 fully saturated rings. The van der Waals surface area contributed by atoms with E-state index in [0.717, 1.165) is 22.5 Å². The summed E-state index contributed by atoms with van der Waals surface area (Å²) in [6.45, 7) is 2.02. The highest BCUT2D eigenvalue weighted by Crippen LogP contribution is 2.27. The molecule has 0 saturated carbocycles. The predicted octanol–water partition coefficient (Wildman–Crippen LogP) is 3.84. The van der Waals surface area contributed by atoms with E-state index in [2.05, 4.69) is 20.3 Å². The molecule has 2 N–H and O–H groups in total. The summed E-state index contributed by atoms with van der Waals surface area (Å²) in [5.74, 6) is 0.947. The standard InChI is InChI=1S/C18H18ClN5O/c1-12-3-6-14(19)9-16(12)24(2)18-21-11-20-17(23-18)22-15-7-4-13(10-25)5-8-15/h3-9,11,25H,10H2,1-2H3,(H,20,21,22,23). The fourth-order valence-corrected chi connectivity index (χ4v) is 2.55. The fourth-order valence-electron chi connectivity index (χ4n) is 2.38. The molecule has 0 spiro atoms. The molecule has 0 amide bonds. The molecule has 0 bridgehead atoms. The summed E-state index contributed by atoms with van der Waals surface area (Å²) in [5, 5.41) is 12.9. The Balaban J connectivity index is 1.84. The number of aromatic nitrogens is 3. The van der Waals surface area contributed by atoms with Crippen LogP contribution in [0.15, 0.2) is 48.8 Å². The van der Waals surface area contributed by atoms with Gasteiger partial charge in [0, 0.05) is 23.4 Å². The van der Waals surface area contributed by atoms with E-state index in [1.54, 1.807) is 0 Å². The Kier molecular flexibility index (Phi) is 5.11. The third kappa shape index (κ3) is 4.04. The number of benzene rings is 2. The van der Waals surface area contributed by atoms with Gasteiger partial charge in [-0.3, -0.25) is 0 Å². The molecule has 0 radical (unpaired) electrons. The number of anilines is 4. The van der Waals surface area contributed by atoms with Crippen molar-refractivity contribution < 1.29 is 5.11 Å². The largest absolute Gasteiger partial charge is 0.392 e. The second-order valence-corrected chi connectivity index (χ2v) is 6.02. The molecular weight excluding hydrogens is 338 g/mol. The van der Waals surface area contributed by atoms with Crippen LogP contribution in [0.25, 0.3) is 0 Å². The van der Waals surface area contributed by atoms with E-state index in [1.165, 1.54) is 6.33 Å². The summed E-state index contributed by atoms with van der Waals surface area (Å²) in [7, 11) is 1.88. The van der Waals surface area contributed by atoms with Gasteiger partial charge in [0.2, 0.25) is 11.9 Å². The molecule has 0 aliphatic rings. The third-order valence-corrected chi connectivity index (χ3v) is 4.02. The highest BCUT2D eigenvalue weighted by Gasteiger charge is 2.11. The summed E-state index contributed by atoms with van der Waals surface area (Å²) in [5.41, 5.74) is 3.67. The van der Waals surface area contributed by atoms with Crippen molar-refractivity contribution in [2.75, 3.05) is 17.3 Å². The maximum Gasteiger partial charge on any atom is 0.234 e. The number of rotatable bonds is 5. The smallest absolute Gasteiger partial charge is 0.234 e. The number of halogens is 1. The third-order valence-electron chi connectivity index (χ3n) is 3.78. The Labute approximate surface area is 151 Å². The van der Waals surface area contributed by atoms with Gasteiger partial charge in [-0.15, -0.1) is 0 Å². The topological polar surface area (TPSA) is 74.2 Å². The van der Waals surface area contributed by atoms with E-state index in [1.807, 2.05) is 61.3 Å². The molecule has 0 aliphatic carbocycles. The van der Waals surface area contributed by atoms with Crippen molar-refractivity contribution in [1.82, 2.24) is 15.0 Å². The molecule has 2 aromatic carbocycles. The van der Waals surface area contributed by atoms with Gasteiger partial charge in [-0.2, -0.15) is 4.98 Å². The van der Waals surface area contributed by atoms with E-state index in [0.29, 0.717) is 16.9 Å². The maximum atomic E-state index is 9.10. The van der Waals surface area contributed by atoms with Crippen molar-refractivity contribution in [2.24, 2.45) is 0 Å². The zero-order chi connectivity index (χ0) is 17.8. The second-order valence-electron chi connectivity index (χ2n) is 5.58. The van der Waals surface area contributed by atoms with Gasteiger partial charge in [0.1, 0.15) is 6.33 Å². The van der Waals surface area contributed by atoms with Crippen molar-refractivity contribution in [3.8, 4) is 0 Å². The van der Waals surface area contributed by atoms with E-state index < -0.39 is 0 Å². The van der Waals surface area contributed by atoms with Gasteiger partial charge < -0.3 is 15.3 Å². The number of aryl methyl sites for hydroxylation is 1. The van der Waals surface area contributed by atoms with Crippen LogP contribution in [0.2, 0.25) is 5.02 Å². The number of nitrogens with zero attached hydrogens (tertiary/aromatic N) is 4. The minimum absolute atomic E-state index is 0.0139. The fraction of sp³-hybridized carbons (Fsp3) is 0.167. The zero-order valence-electron chi connectivity index (χ0n) is 13.9. The van der Waals surface area contributed by atoms with Crippen LogP contribution in [0.5, 0.6) is 0 Å². The van der Waals surface area contributed by atoms with Gasteiger partial charge in [0.25, 0.3) is 0 Å². The van der Waals surface area contributed by atoms with Crippen LogP contribution >= 0.6 is 11.6 Å². The minimum atomic E-state index is 0.0139. The lowest BCUT2D eigenvalue weighted by Crippen LogP contribution is -2.15. The Morgan fingerprint density at radius 3 is 2.60 bits per heavy atom. The highest BCUT2D eigenvalue weighted by atomic mass is 35.5. The minimum Gasteiger partial charge on any atom is -0.392 e. The quantitative estimate of drug-likeness (QED) is 0.724. The molecule has 0 aliphatic heterocycles. The van der Waals surface area contributed by atoms with Gasteiger partial charge in [0.15, 0.2) is 0 Å². The van der Waals surface area contributed by atoms with Gasteiger partial charge in [-0.05, 0) is 42.3 Å². The van der Waals surface area contributed by atoms with Crippen LogP contribution in [0.1, 0.15) is 11.1 Å². The molecule has 1 aromatic heterocycles. The average Bonchev–Trinajstić information content (AvgIpc) is 2.64. The summed E-state index contributed by atoms with van der Waals surface area (Å²) in [6.07, 6.45) is 1.46. The van der Waals surface area contributed by atoms with Crippen molar-refractivity contribution in [3.63, 3.8) is 0 Å². The van der Waals surface area contributed by atoms with Gasteiger partial charge in [0.05, 0.1) is 6.61 Å². The number of hydrogen-bond donors (Lipinski definition) is 2. The Bertz CT molecular complexity index is 870. The van der Waals surface area contributed by atoms with Crippen LogP contribution in [0.3, 0.4) is 0 Å². The molecule has 0 atom stereocenters. The van der Waals surface area contributed by atoms with Crippen molar-refractivity contribution >= 4 is 34.9 Å². The molecule has 128 valence electrons. The first kappa shape index (κ1) is 17.1. The molecule has 1 heterocycles. The average molecular weight is 356 g/mol. The Morgan fingerprint density at radius 2 is 1.88 bits per heavy atom. The Morgan fingerprint density at radius 1 is 1.12 bits per heavy atom. The first-order chi connectivity index (χ1) is 12.1. The highest BCUT2D eigenvalue weighted by molar-refractivity contribution is 6.30. The number of aliphatic hydroxyl groups excluding tert-OH is 1. The maximum absolute atomic E-state index is 9.10. The normalized spacial score (nSPS) is 10.6. The first-order valence-corrected chi connectivity index (χ1v) is 8.10. The summed E-state index contributed by atoms with van der Waals surface area (Å²) >= 11 is 6.10. The van der Waals surface area contributed by atoms with Crippen LogP contribution in [0.4, 0.5) is 23.3 Å². The molecule has 25 heavy (non-hydrogen) atoms. The Hall–Kier alpha value is -2.70. The molecule has 3 rings (SSSR count). The summed E-state index contributed by atoms with van der Waals surface area (Å²) in [4.78, 5) is 14.7. The summed E-state index contributed by atoms with van der Waals surface area (Å²) in [6, 6.07) is 13.1. The van der Waals surface area contributed by atoms with Crippen molar-refractivity contribution in [3.05, 3.63) is 64.9 Å². The molecule has 3 aromatic rings. The molecule has 0 saturated heterocycles. The predicted molar refractivity (Wildman–Crippen MR) is 99.7 cm³/mol. The summed E-state index contributed by atoms with van der Waals surface area (Å²) < 4.78 is 0. The first-order valence-electron chi connectivity index (χ1n) is 7.72. The molecule has 0 unspecified atom stereocenters. The molecule has 7 heteroatoms. The van der Waals surface area contributed by atoms with E-state index in [-0.39, 0.29) is 6.61 Å². The van der Waals surface area contributed by atoms with E-state index in [9.17, 15) is 0 Å². The number of aliphatic hydroxyl groups is 1. The van der Waals surface area contributed by atoms with Crippen LogP contribution in [-0.4, -0.2) is 27.1 Å². The second kappa shape index (κ2) is 7.46. The molecular formula is C18H18ClN5O. The van der Waals surface area contributed by atoms with Crippen LogP contribution in [-0.2, 0) is 6.61 Å². The lowest BCUT2D eigenvalue weighted by atomic mass is 10.2. The van der Waals surface area contributed by atoms with Crippen LogP contribution < -0.4 is 10.2 Å². The zero-order valence-corrected chi connectivity index (χ0v) is 14.7. The van der Waals surface area contributed by atoms with Gasteiger partial charge in [-0.25, -0.2) is 9.97 Å². The lowest BCUT2D eigenvalue weighted by molar-refractivity contribution is 0.282. The SMILES string of the molecule is Cc1ccc(Cl)cc1N(C)c1ncnc(Nc2ccc(CO)cc2)n1.